The van der Waals surface area contributed by atoms with Gasteiger partial charge in [0.2, 0.25) is 0 Å². The maximum Gasteiger partial charge on any atom is 0.146 e. The first-order valence-electron chi connectivity index (χ1n) is 2.64. The Morgan fingerprint density at radius 2 is 1.80 bits per heavy atom. The zero-order chi connectivity index (χ0) is 7.40. The average molecular weight is 361 g/mol. The fourth-order valence-corrected chi connectivity index (χ4v) is 1.13. The van der Waals surface area contributed by atoms with Gasteiger partial charge in [0, 0.05) is 0 Å². The topological polar surface area (TPSA) is 12.5 Å². The van der Waals surface area contributed by atoms with Gasteiger partial charge in [0.05, 0.1) is 28.6 Å². The number of benzene rings is 1. The van der Waals surface area contributed by atoms with Crippen molar-refractivity contribution in [1.82, 2.24) is 0 Å². The van der Waals surface area contributed by atoms with E-state index in [1.807, 2.05) is 53.3 Å². The van der Waals surface area contributed by atoms with E-state index in [4.69, 9.17) is 3.17 Å². The Balaban J connectivity index is 2.75. The van der Waals surface area contributed by atoms with Gasteiger partial charge in [0.1, 0.15) is 23.0 Å². The molecule has 4 heteroatoms. The quantitative estimate of drug-likeness (QED) is 0.456. The Hall–Kier alpha value is 0.440. The number of halogens is 2. The van der Waals surface area contributed by atoms with Crippen LogP contribution in [0.25, 0.3) is 0 Å². The van der Waals surface area contributed by atoms with Gasteiger partial charge in [-0.25, -0.2) is 0 Å². The Labute approximate surface area is 87.7 Å². The van der Waals surface area contributed by atoms with Crippen LogP contribution in [0.1, 0.15) is 0 Å². The summed E-state index contributed by atoms with van der Waals surface area (Å²) >= 11 is 3.91. The second-order valence-corrected chi connectivity index (χ2v) is 2.92. The van der Waals surface area contributed by atoms with Gasteiger partial charge >= 0.3 is 0 Å². The predicted octanol–water partition coefficient (Wildman–Crippen LogP) is 3.12. The highest BCUT2D eigenvalue weighted by atomic mass is 127. The molecule has 0 atom stereocenters. The number of para-hydroxylation sites is 1. The van der Waals surface area contributed by atoms with Crippen LogP contribution >= 0.6 is 45.9 Å². The molecule has 0 aromatic heterocycles. The molecule has 0 bridgehead atoms. The molecule has 0 N–H and O–H groups in total. The van der Waals surface area contributed by atoms with Crippen molar-refractivity contribution in [2.24, 2.45) is 0 Å². The summed E-state index contributed by atoms with van der Waals surface area (Å²) in [4.78, 5) is 0. The molecule has 1 aromatic rings. The lowest BCUT2D eigenvalue weighted by atomic mass is 10.3. The predicted molar refractivity (Wildman–Crippen MR) is 58.0 cm³/mol. The van der Waals surface area contributed by atoms with E-state index in [1.54, 1.807) is 3.28 Å². The van der Waals surface area contributed by atoms with Crippen LogP contribution in [0.2, 0.25) is 0 Å². The van der Waals surface area contributed by atoms with Crippen molar-refractivity contribution in [1.29, 1.82) is 0 Å². The van der Waals surface area contributed by atoms with Gasteiger partial charge in [-0.2, -0.15) is 6.44 Å². The van der Waals surface area contributed by atoms with Crippen molar-refractivity contribution in [2.45, 2.75) is 0 Å². The van der Waals surface area contributed by atoms with Crippen LogP contribution in [0.3, 0.4) is 0 Å². The van der Waals surface area contributed by atoms with Crippen molar-refractivity contribution in [3.8, 4) is 0 Å². The third kappa shape index (κ3) is 2.24. The molecule has 0 unspecified atom stereocenters. The van der Waals surface area contributed by atoms with E-state index >= 15 is 0 Å². The molecule has 0 aliphatic heterocycles. The monoisotopic (exact) mass is 361 g/mol. The molecule has 2 nitrogen and oxygen atoms in total. The van der Waals surface area contributed by atoms with E-state index in [2.05, 4.69) is 22.9 Å². The van der Waals surface area contributed by atoms with Crippen LogP contribution in [0, 0.1) is 0 Å². The largest absolute Gasteiger partial charge is 0.194 e. The lowest BCUT2D eigenvalue weighted by Crippen LogP contribution is -2.01. The molecule has 10 heavy (non-hydrogen) atoms. The lowest BCUT2D eigenvalue weighted by Gasteiger charge is -2.09. The van der Waals surface area contributed by atoms with E-state index < -0.39 is 0 Å². The number of nitrogens with zero attached hydrogens (tertiary/aromatic N) is 1. The van der Waals surface area contributed by atoms with Crippen LogP contribution in [0.5, 0.6) is 0 Å². The lowest BCUT2D eigenvalue weighted by molar-refractivity contribution is 0.492. The van der Waals surface area contributed by atoms with Crippen molar-refractivity contribution in [3.63, 3.8) is 0 Å². The Morgan fingerprint density at radius 1 is 1.20 bits per heavy atom. The van der Waals surface area contributed by atoms with Crippen molar-refractivity contribution in [2.75, 3.05) is 3.28 Å². The fourth-order valence-electron chi connectivity index (χ4n) is 0.585. The second-order valence-electron chi connectivity index (χ2n) is 1.65. The van der Waals surface area contributed by atoms with Crippen LogP contribution < -0.4 is 3.28 Å². The summed E-state index contributed by atoms with van der Waals surface area (Å²) in [5.74, 6) is 0. The molecule has 0 radical (unpaired) electrons. The molecule has 54 valence electrons. The molecule has 0 heterocycles. The maximum absolute atomic E-state index is 4.93. The summed E-state index contributed by atoms with van der Waals surface area (Å²) in [5, 5.41) is 0. The summed E-state index contributed by atoms with van der Waals surface area (Å²) in [6, 6.07) is 9.87. The first-order valence-corrected chi connectivity index (χ1v) is 4.49. The minimum atomic E-state index is 1.04. The first-order chi connectivity index (χ1) is 4.84. The smallest absolute Gasteiger partial charge is 0.146 e. The minimum absolute atomic E-state index is 1.04. The van der Waals surface area contributed by atoms with E-state index in [-0.39, 0.29) is 0 Å². The number of hydrogen-bond acceptors (Lipinski definition) is 2. The molecular weight excluding hydrogens is 356 g/mol. The summed E-state index contributed by atoms with van der Waals surface area (Å²) in [6.07, 6.45) is 0. The highest BCUT2D eigenvalue weighted by molar-refractivity contribution is 14.1. The fraction of sp³-hybridized carbons (Fsp3) is 0. The van der Waals surface area contributed by atoms with Crippen molar-refractivity contribution in [3.05, 3.63) is 30.3 Å². The van der Waals surface area contributed by atoms with E-state index in [0.717, 1.165) is 5.69 Å². The molecule has 0 saturated carbocycles. The normalized spacial score (nSPS) is 9.40. The van der Waals surface area contributed by atoms with Crippen LogP contribution in [-0.2, 0) is 3.17 Å². The highest BCUT2D eigenvalue weighted by Crippen LogP contribution is 2.19. The van der Waals surface area contributed by atoms with Gasteiger partial charge in [0.15, 0.2) is 0 Å². The maximum atomic E-state index is 4.93. The third-order valence-electron chi connectivity index (χ3n) is 1.02. The Bertz CT molecular complexity index is 192. The van der Waals surface area contributed by atoms with Gasteiger partial charge in [-0.1, -0.05) is 18.2 Å². The Morgan fingerprint density at radius 3 is 2.30 bits per heavy atom. The van der Waals surface area contributed by atoms with Gasteiger partial charge in [-0.3, -0.25) is 0 Å². The summed E-state index contributed by atoms with van der Waals surface area (Å²) in [6.45, 7) is 0. The summed E-state index contributed by atoms with van der Waals surface area (Å²) < 4.78 is 6.59. The number of hydrogen-bond donors (Lipinski definition) is 0. The molecule has 0 amide bonds. The molecular formula is C6H5I2NO. The van der Waals surface area contributed by atoms with Gasteiger partial charge < -0.3 is 0 Å². The zero-order valence-electron chi connectivity index (χ0n) is 5.00. The summed E-state index contributed by atoms with van der Waals surface area (Å²) in [5.41, 5.74) is 1.04. The van der Waals surface area contributed by atoms with Crippen LogP contribution in [-0.4, -0.2) is 0 Å². The van der Waals surface area contributed by atoms with Crippen molar-refractivity contribution < 1.29 is 3.17 Å². The number of anilines is 1. The first kappa shape index (κ1) is 8.54. The van der Waals surface area contributed by atoms with Gasteiger partial charge in [0.25, 0.3) is 0 Å². The minimum Gasteiger partial charge on any atom is -0.194 e. The van der Waals surface area contributed by atoms with E-state index in [9.17, 15) is 0 Å². The van der Waals surface area contributed by atoms with Gasteiger partial charge in [-0.15, -0.1) is 0 Å². The zero-order valence-corrected chi connectivity index (χ0v) is 9.31. The molecule has 0 aliphatic rings. The Kier molecular flexibility index (Phi) is 3.71. The molecule has 0 spiro atoms. The molecule has 0 saturated heterocycles. The highest BCUT2D eigenvalue weighted by Gasteiger charge is 1.97. The van der Waals surface area contributed by atoms with Crippen LogP contribution in [0.4, 0.5) is 5.69 Å². The van der Waals surface area contributed by atoms with E-state index in [1.165, 1.54) is 0 Å². The molecule has 0 aliphatic carbocycles. The number of rotatable bonds is 2. The SMILES string of the molecule is ION(I)c1ccccc1. The average Bonchev–Trinajstić information content (AvgIpc) is 2.05. The van der Waals surface area contributed by atoms with E-state index in [0.29, 0.717) is 0 Å². The van der Waals surface area contributed by atoms with Gasteiger partial charge in [-0.05, 0) is 12.1 Å². The standard InChI is InChI=1S/C6H5I2NO/c7-9(10-8)6-4-2-1-3-5-6/h1-5H. The molecule has 1 rings (SSSR count). The van der Waals surface area contributed by atoms with Crippen LogP contribution in [0.15, 0.2) is 30.3 Å². The second kappa shape index (κ2) is 4.35. The third-order valence-corrected chi connectivity index (χ3v) is 2.92. The molecule has 0 fully saturated rings. The molecule has 1 aromatic carbocycles. The van der Waals surface area contributed by atoms with Crippen molar-refractivity contribution >= 4 is 51.6 Å². The summed E-state index contributed by atoms with van der Waals surface area (Å²) in [7, 11) is 0.